The van der Waals surface area contributed by atoms with Crippen LogP contribution in [0.1, 0.15) is 80.3 Å². The first-order valence-corrected chi connectivity index (χ1v) is 11.0. The molecule has 4 fully saturated rings. The van der Waals surface area contributed by atoms with Crippen molar-refractivity contribution in [3.8, 4) is 0 Å². The number of fused-ring (bicyclic) bond motifs is 1. The Kier molecular flexibility index (Phi) is 4.14. The minimum absolute atomic E-state index is 0.112. The molecule has 1 aromatic carbocycles. The lowest BCUT2D eigenvalue weighted by molar-refractivity contribution is -0.142. The number of ketones is 1. The van der Waals surface area contributed by atoms with Gasteiger partial charge in [-0.2, -0.15) is 0 Å². The molecule has 1 heterocycles. The predicted octanol–water partition coefficient (Wildman–Crippen LogP) is 5.45. The van der Waals surface area contributed by atoms with Crippen molar-refractivity contribution < 1.29 is 9.59 Å². The number of rotatable bonds is 4. The number of carbonyl (C=O) groups is 2. The first kappa shape index (κ1) is 18.5. The highest BCUT2D eigenvalue weighted by Crippen LogP contribution is 2.60. The summed E-state index contributed by atoms with van der Waals surface area (Å²) in [7, 11) is 0. The van der Waals surface area contributed by atoms with Crippen molar-refractivity contribution >= 4 is 29.4 Å². The molecule has 4 bridgehead atoms. The van der Waals surface area contributed by atoms with Gasteiger partial charge in [0.05, 0.1) is 16.3 Å². The fraction of sp³-hybridized carbons (Fsp3) is 0.625. The number of halogens is 1. The van der Waals surface area contributed by atoms with Crippen LogP contribution in [0, 0.1) is 23.2 Å². The maximum absolute atomic E-state index is 13.6. The van der Waals surface area contributed by atoms with Crippen LogP contribution in [-0.2, 0) is 11.2 Å². The van der Waals surface area contributed by atoms with Crippen LogP contribution in [0.15, 0.2) is 17.1 Å². The van der Waals surface area contributed by atoms with Crippen molar-refractivity contribution in [2.45, 2.75) is 70.8 Å². The number of nitrogens with zero attached hydrogens (tertiary/aromatic N) is 1. The Labute approximate surface area is 171 Å². The summed E-state index contributed by atoms with van der Waals surface area (Å²) in [6, 6.07) is 3.73. The molecule has 3 nitrogen and oxygen atoms in total. The van der Waals surface area contributed by atoms with Crippen LogP contribution in [0.4, 0.5) is 0 Å². The molecule has 6 rings (SSSR count). The van der Waals surface area contributed by atoms with Crippen molar-refractivity contribution in [2.24, 2.45) is 28.2 Å². The zero-order valence-corrected chi connectivity index (χ0v) is 17.5. The van der Waals surface area contributed by atoms with Gasteiger partial charge in [-0.25, -0.2) is 0 Å². The third-order valence-corrected chi connectivity index (χ3v) is 8.01. The SMILES string of the molecule is CC1(C)Cc2cc(Cl)c(C=O)cc2C(CC(=O)C23CC4CC(CC(C4)C2)C3)=N1. The largest absolute Gasteiger partial charge is 0.299 e. The molecule has 148 valence electrons. The molecular formula is C24H28ClNO2. The normalized spacial score (nSPS) is 34.7. The van der Waals surface area contributed by atoms with Gasteiger partial charge in [-0.3, -0.25) is 14.6 Å². The van der Waals surface area contributed by atoms with Gasteiger partial charge >= 0.3 is 0 Å². The van der Waals surface area contributed by atoms with Crippen LogP contribution >= 0.6 is 11.6 Å². The summed E-state index contributed by atoms with van der Waals surface area (Å²) in [4.78, 5) is 30.0. The Bertz CT molecular complexity index is 863. The Morgan fingerprint density at radius 1 is 1.14 bits per heavy atom. The van der Waals surface area contributed by atoms with Gasteiger partial charge in [0.1, 0.15) is 5.78 Å². The van der Waals surface area contributed by atoms with Crippen molar-refractivity contribution in [1.29, 1.82) is 0 Å². The molecule has 0 unspecified atom stereocenters. The second-order valence-electron chi connectivity index (χ2n) is 10.5. The zero-order valence-electron chi connectivity index (χ0n) is 16.8. The summed E-state index contributed by atoms with van der Waals surface area (Å²) < 4.78 is 0. The second-order valence-corrected chi connectivity index (χ2v) is 10.9. The van der Waals surface area contributed by atoms with Crippen molar-refractivity contribution in [3.63, 3.8) is 0 Å². The van der Waals surface area contributed by atoms with E-state index >= 15 is 0 Å². The number of hydrogen-bond acceptors (Lipinski definition) is 3. The van der Waals surface area contributed by atoms with Gasteiger partial charge < -0.3 is 0 Å². The van der Waals surface area contributed by atoms with Gasteiger partial charge in [0, 0.05) is 23.0 Å². The van der Waals surface area contributed by atoms with Crippen LogP contribution in [0.2, 0.25) is 5.02 Å². The van der Waals surface area contributed by atoms with Gasteiger partial charge in [-0.15, -0.1) is 0 Å². The topological polar surface area (TPSA) is 46.5 Å². The van der Waals surface area contributed by atoms with E-state index in [1.54, 1.807) is 0 Å². The first-order valence-electron chi connectivity index (χ1n) is 10.7. The quantitative estimate of drug-likeness (QED) is 0.634. The van der Waals surface area contributed by atoms with E-state index in [1.165, 1.54) is 19.3 Å². The fourth-order valence-corrected chi connectivity index (χ4v) is 7.22. The van der Waals surface area contributed by atoms with Crippen LogP contribution in [-0.4, -0.2) is 23.3 Å². The standard InChI is InChI=1S/C24H28ClNO2/c1-23(2)12-17-7-20(25)18(13-27)6-19(17)21(26-23)8-22(28)24-9-14-3-15(10-24)5-16(4-14)11-24/h6-7,13-16H,3-5,8-12H2,1-2H3. The summed E-state index contributed by atoms with van der Waals surface area (Å²) in [6.45, 7) is 4.21. The van der Waals surface area contributed by atoms with Crippen LogP contribution in [0.5, 0.6) is 0 Å². The van der Waals surface area contributed by atoms with Gasteiger partial charge in [-0.05, 0) is 94.2 Å². The lowest BCUT2D eigenvalue weighted by Gasteiger charge is -2.56. The van der Waals surface area contributed by atoms with E-state index in [0.717, 1.165) is 66.6 Å². The van der Waals surface area contributed by atoms with Gasteiger partial charge in [-0.1, -0.05) is 11.6 Å². The smallest absolute Gasteiger partial charge is 0.151 e. The number of hydrogen-bond donors (Lipinski definition) is 0. The lowest BCUT2D eigenvalue weighted by atomic mass is 9.48. The molecule has 0 aromatic heterocycles. The van der Waals surface area contributed by atoms with Gasteiger partial charge in [0.25, 0.3) is 0 Å². The Morgan fingerprint density at radius 2 is 1.75 bits per heavy atom. The number of aldehydes is 1. The van der Waals surface area contributed by atoms with E-state index in [2.05, 4.69) is 13.8 Å². The van der Waals surface area contributed by atoms with E-state index < -0.39 is 0 Å². The second kappa shape index (κ2) is 6.26. The van der Waals surface area contributed by atoms with Crippen molar-refractivity contribution in [3.05, 3.63) is 33.8 Å². The maximum Gasteiger partial charge on any atom is 0.151 e. The average Bonchev–Trinajstić information content (AvgIpc) is 2.59. The highest BCUT2D eigenvalue weighted by atomic mass is 35.5. The number of carbonyl (C=O) groups excluding carboxylic acids is 2. The molecule has 1 aliphatic heterocycles. The summed E-state index contributed by atoms with van der Waals surface area (Å²) >= 11 is 6.28. The molecule has 4 heteroatoms. The van der Waals surface area contributed by atoms with Crippen LogP contribution < -0.4 is 0 Å². The van der Waals surface area contributed by atoms with Gasteiger partial charge in [0.2, 0.25) is 0 Å². The lowest BCUT2D eigenvalue weighted by Crippen LogP contribution is -2.50. The fourth-order valence-electron chi connectivity index (χ4n) is 6.99. The molecule has 4 saturated carbocycles. The monoisotopic (exact) mass is 397 g/mol. The van der Waals surface area contributed by atoms with E-state index in [4.69, 9.17) is 16.6 Å². The predicted molar refractivity (Wildman–Crippen MR) is 111 cm³/mol. The first-order chi connectivity index (χ1) is 13.3. The van der Waals surface area contributed by atoms with Gasteiger partial charge in [0.15, 0.2) is 6.29 Å². The molecule has 0 saturated heterocycles. The molecular weight excluding hydrogens is 370 g/mol. The maximum atomic E-state index is 13.6. The molecule has 28 heavy (non-hydrogen) atoms. The van der Waals surface area contributed by atoms with E-state index in [9.17, 15) is 9.59 Å². The van der Waals surface area contributed by atoms with Crippen LogP contribution in [0.3, 0.4) is 0 Å². The molecule has 0 amide bonds. The molecule has 0 radical (unpaired) electrons. The Balaban J connectivity index is 1.48. The molecule has 0 N–H and O–H groups in total. The highest BCUT2D eigenvalue weighted by Gasteiger charge is 2.54. The number of Topliss-reactive ketones (excluding diaryl/α,β-unsaturated/α-hetero) is 1. The number of aliphatic imine (C=N–C) groups is 1. The van der Waals surface area contributed by atoms with Crippen molar-refractivity contribution in [2.75, 3.05) is 0 Å². The van der Waals surface area contributed by atoms with Crippen molar-refractivity contribution in [1.82, 2.24) is 0 Å². The highest BCUT2D eigenvalue weighted by molar-refractivity contribution is 6.33. The Hall–Kier alpha value is -1.48. The number of benzene rings is 1. The third-order valence-electron chi connectivity index (χ3n) is 7.68. The zero-order chi connectivity index (χ0) is 19.7. The summed E-state index contributed by atoms with van der Waals surface area (Å²) in [6.07, 6.45) is 9.23. The van der Waals surface area contributed by atoms with E-state index in [0.29, 0.717) is 22.8 Å². The minimum atomic E-state index is -0.254. The third kappa shape index (κ3) is 2.98. The molecule has 0 atom stereocenters. The molecule has 1 aromatic rings. The Morgan fingerprint density at radius 3 is 2.32 bits per heavy atom. The summed E-state index contributed by atoms with van der Waals surface area (Å²) in [5.74, 6) is 2.66. The molecule has 4 aliphatic carbocycles. The van der Waals surface area contributed by atoms with Crippen LogP contribution in [0.25, 0.3) is 0 Å². The summed E-state index contributed by atoms with van der Waals surface area (Å²) in [5, 5.41) is 0.484. The average molecular weight is 398 g/mol. The van der Waals surface area contributed by atoms with E-state index in [1.807, 2.05) is 12.1 Å². The molecule has 5 aliphatic rings. The minimum Gasteiger partial charge on any atom is -0.299 e. The van der Waals surface area contributed by atoms with E-state index in [-0.39, 0.29) is 11.0 Å². The molecule has 0 spiro atoms. The summed E-state index contributed by atoms with van der Waals surface area (Å²) in [5.41, 5.74) is 3.02.